The van der Waals surface area contributed by atoms with E-state index in [0.29, 0.717) is 44.1 Å². The minimum atomic E-state index is -3.41. The van der Waals surface area contributed by atoms with E-state index in [1.54, 1.807) is 62.5 Å². The fraction of sp³-hybridized carbons (Fsp3) is 0.217. The molecule has 0 saturated carbocycles. The predicted octanol–water partition coefficient (Wildman–Crippen LogP) is 18.2. The summed E-state index contributed by atoms with van der Waals surface area (Å²) in [7, 11) is 0. The Labute approximate surface area is 527 Å². The summed E-state index contributed by atoms with van der Waals surface area (Å²) >= 11 is 0. The largest absolute Gasteiger partial charge is 0.486 e. The molecule has 8 nitrogen and oxygen atoms in total. The van der Waals surface area contributed by atoms with Gasteiger partial charge in [-0.2, -0.15) is 0 Å². The quantitative estimate of drug-likeness (QED) is 0.139. The second-order valence-electron chi connectivity index (χ2n) is 17.4. The van der Waals surface area contributed by atoms with Gasteiger partial charge in [0.1, 0.15) is 0 Å². The molecule has 2 radical (unpaired) electrons. The summed E-state index contributed by atoms with van der Waals surface area (Å²) in [6.07, 6.45) is 5.10. The average molecular weight is 1420 g/mol. The molecule has 12 rings (SSSR count). The topological polar surface area (TPSA) is 104 Å². The first kappa shape index (κ1) is 34.0. The summed E-state index contributed by atoms with van der Waals surface area (Å²) in [5.41, 5.74) is 4.76. The number of benzene rings is 4. The van der Waals surface area contributed by atoms with Gasteiger partial charge in [0.25, 0.3) is 0 Å². The van der Waals surface area contributed by atoms with Gasteiger partial charge in [-0.1, -0.05) is 113 Å². The van der Waals surface area contributed by atoms with Crippen LogP contribution in [0.2, 0.25) is 0 Å². The molecule has 8 aromatic heterocycles. The van der Waals surface area contributed by atoms with Gasteiger partial charge >= 0.3 is 0 Å². The number of aromatic nitrogens is 6. The minimum Gasteiger partial charge on any atom is -0.486 e. The number of furan rings is 2. The summed E-state index contributed by atoms with van der Waals surface area (Å²) in [4.78, 5) is 25.6. The monoisotopic (exact) mass is 1420 g/mol. The number of hydrogen-bond donors (Lipinski definition) is 0. The van der Waals surface area contributed by atoms with Crippen LogP contribution in [0.25, 0.3) is 89.2 Å². The van der Waals surface area contributed by atoms with Crippen molar-refractivity contribution in [1.29, 1.82) is 0 Å². The van der Waals surface area contributed by atoms with E-state index < -0.39 is 93.8 Å². The van der Waals surface area contributed by atoms with Crippen molar-refractivity contribution >= 4 is 44.1 Å². The van der Waals surface area contributed by atoms with E-state index in [2.05, 4.69) is 54.2 Å². The molecule has 12 aromatic rings. The number of aryl methyl sites for hydroxylation is 3. The van der Waals surface area contributed by atoms with Crippen LogP contribution in [0, 0.1) is 45.0 Å². The molecule has 10 heteroatoms. The van der Waals surface area contributed by atoms with Crippen LogP contribution < -0.4 is 0 Å². The van der Waals surface area contributed by atoms with Gasteiger partial charge in [0.2, 0.25) is 11.4 Å². The summed E-state index contributed by atoms with van der Waals surface area (Å²) in [5.74, 6) is -11.5. The van der Waals surface area contributed by atoms with Crippen LogP contribution in [-0.2, 0) is 40.2 Å². The van der Waals surface area contributed by atoms with Crippen LogP contribution in [0.3, 0.4) is 0 Å². The van der Waals surface area contributed by atoms with Crippen molar-refractivity contribution in [3.63, 3.8) is 0 Å². The van der Waals surface area contributed by atoms with Gasteiger partial charge in [-0.15, -0.1) is 108 Å². The Morgan fingerprint density at radius 3 is 1.34 bits per heavy atom. The average Bonchev–Trinajstić information content (AvgIpc) is 0.847. The molecule has 0 N–H and O–H groups in total. The Kier molecular flexibility index (Phi) is 11.6. The number of pyridine rings is 6. The molecule has 79 heavy (non-hydrogen) atoms. The van der Waals surface area contributed by atoms with Crippen molar-refractivity contribution in [2.24, 2.45) is 0 Å². The first-order valence-corrected chi connectivity index (χ1v) is 23.9. The zero-order valence-corrected chi connectivity index (χ0v) is 47.5. The van der Waals surface area contributed by atoms with E-state index in [9.17, 15) is 0 Å². The normalized spacial score (nSPS) is 18.5. The van der Waals surface area contributed by atoms with Crippen LogP contribution in [0.1, 0.15) is 152 Å². The molecule has 0 bridgehead atoms. The maximum Gasteiger partial charge on any atom is 0.216 e. The number of rotatable bonds is 8. The zero-order valence-electron chi connectivity index (χ0n) is 67.8. The maximum atomic E-state index is 8.76. The van der Waals surface area contributed by atoms with Crippen molar-refractivity contribution in [2.75, 3.05) is 0 Å². The molecule has 0 aliphatic heterocycles. The van der Waals surface area contributed by atoms with Gasteiger partial charge in [-0.25, -0.2) is 9.97 Å². The van der Waals surface area contributed by atoms with Gasteiger partial charge in [-0.3, -0.25) is 0 Å². The fourth-order valence-electron chi connectivity index (χ4n) is 8.19. The molecule has 2 unspecified atom stereocenters. The summed E-state index contributed by atoms with van der Waals surface area (Å²) in [6, 6.07) is 52.6. The van der Waals surface area contributed by atoms with Crippen molar-refractivity contribution in [3.8, 4) is 45.0 Å². The SMILES string of the molecule is [2H]C([2H])([2H])C([2H])(C)c1cnc(-c2[c-]ccc3c2oc2nc(C)ccc23)cc1C([2H])(C([2H])([2H])[2H])C([2H])([2H])[2H].[2H]C([2H])([2H])C([2H])(C)c1cnc(-c2[c-]ccc3c2oc2nc(C)ccc23)cc1C([2H])(C([2H])([2H])[2H])C([2H])([2H])[2H].[2H]C([2H])([2H])c1ccc(-c2[c-]cccc2)nc1.[Ir].[Ir].[c-]1ccccc1-c1ccccn1. The van der Waals surface area contributed by atoms with E-state index >= 15 is 0 Å². The maximum absolute atomic E-state index is 8.76. The third-order valence-corrected chi connectivity index (χ3v) is 11.9. The van der Waals surface area contributed by atoms with Crippen molar-refractivity contribution < 1.29 is 83.3 Å². The van der Waals surface area contributed by atoms with E-state index in [4.69, 9.17) is 43.1 Å². The molecule has 0 fully saturated rings. The Morgan fingerprint density at radius 2 is 0.924 bits per heavy atom. The Balaban J connectivity index is 0.000000210. The predicted molar refractivity (Wildman–Crippen MR) is 315 cm³/mol. The number of fused-ring (bicyclic) bond motifs is 6. The minimum absolute atomic E-state index is 0. The summed E-state index contributed by atoms with van der Waals surface area (Å²) in [6.45, 7) is -16.1. The fourth-order valence-corrected chi connectivity index (χ4v) is 8.19. The number of nitrogens with zero attached hydrogens (tertiary/aromatic N) is 6. The number of hydrogen-bond acceptors (Lipinski definition) is 8. The molecular weight excluding hydrogens is 1330 g/mol. The van der Waals surface area contributed by atoms with Gasteiger partial charge in [0.05, 0.1) is 11.2 Å². The molecule has 2 atom stereocenters. The van der Waals surface area contributed by atoms with E-state index in [1.807, 2.05) is 84.9 Å². The van der Waals surface area contributed by atoms with Crippen LogP contribution in [0.5, 0.6) is 0 Å². The van der Waals surface area contributed by atoms with E-state index in [1.165, 1.54) is 6.20 Å². The molecule has 0 amide bonds. The molecule has 0 saturated heterocycles. The first-order valence-electron chi connectivity index (χ1n) is 36.4. The van der Waals surface area contributed by atoms with E-state index in [-0.39, 0.29) is 68.3 Å². The van der Waals surface area contributed by atoms with Crippen molar-refractivity contribution in [2.45, 2.75) is 99.2 Å². The molecule has 0 aliphatic carbocycles. The summed E-state index contributed by atoms with van der Waals surface area (Å²) < 4.78 is 211. The second-order valence-corrected chi connectivity index (χ2v) is 17.4. The van der Waals surface area contributed by atoms with Crippen LogP contribution >= 0.6 is 0 Å². The van der Waals surface area contributed by atoms with Crippen LogP contribution in [-0.4, -0.2) is 29.9 Å². The van der Waals surface area contributed by atoms with Crippen LogP contribution in [0.4, 0.5) is 0 Å². The van der Waals surface area contributed by atoms with E-state index in [0.717, 1.165) is 72.3 Å². The molecule has 0 spiro atoms. The molecule has 0 aliphatic rings. The molecule has 4 aromatic carbocycles. The van der Waals surface area contributed by atoms with Crippen molar-refractivity contribution in [3.05, 3.63) is 228 Å². The van der Waals surface area contributed by atoms with Gasteiger partial charge < -0.3 is 28.8 Å². The molecular formula is C69H64Ir2N6O2-4. The van der Waals surface area contributed by atoms with Gasteiger partial charge in [-0.05, 0) is 125 Å². The Morgan fingerprint density at radius 1 is 0.443 bits per heavy atom. The smallest absolute Gasteiger partial charge is 0.216 e. The second kappa shape index (κ2) is 27.0. The Hall–Kier alpha value is -7.32. The molecule has 8 heterocycles. The van der Waals surface area contributed by atoms with Gasteiger partial charge in [0, 0.05) is 121 Å². The first-order chi connectivity index (χ1) is 47.1. The zero-order chi connectivity index (χ0) is 75.4. The summed E-state index contributed by atoms with van der Waals surface area (Å²) in [5, 5.41) is 2.71. The standard InChI is InChI=1S/2C23H23N2O.C12H10N.C11H8N.2Ir/c2*1-13(2)19-11-21(24-12-20(19)14(3)4)18-8-6-7-16-17-10-9-15(5)25-23(17)26-22(16)18;1-10-7-8-12(13-9-10)11-5-3-2-4-6-11;1-2-6-10(7-3-1)11-8-4-5-9-12-11;;/h2*6-7,9-14H,1-5H3;2-5,7-9H,1H3;1-6,8-9H;;/q4*-1;;/i2*1D3,2D3,3D3,13D,14D;1D3;;;. The molecule has 404 valence electrons. The van der Waals surface area contributed by atoms with Gasteiger partial charge in [0.15, 0.2) is 0 Å². The third kappa shape index (κ3) is 13.9. The van der Waals surface area contributed by atoms with Crippen molar-refractivity contribution in [1.82, 2.24) is 29.9 Å². The third-order valence-electron chi connectivity index (χ3n) is 11.9. The van der Waals surface area contributed by atoms with Crippen LogP contribution in [0.15, 0.2) is 173 Å². The Bertz CT molecular complexity index is 4670.